The maximum Gasteiger partial charge on any atom is 0.322 e. The van der Waals surface area contributed by atoms with E-state index in [0.717, 1.165) is 5.56 Å². The molecule has 0 aliphatic carbocycles. The molecule has 0 bridgehead atoms. The molecular formula is C13H17ClN6O. The quantitative estimate of drug-likeness (QED) is 0.904. The highest BCUT2D eigenvalue weighted by Gasteiger charge is 2.21. The topological polar surface area (TPSA) is 90.0 Å². The molecule has 0 aliphatic heterocycles. The lowest BCUT2D eigenvalue weighted by Crippen LogP contribution is -2.29. The molecule has 1 atom stereocenters. The summed E-state index contributed by atoms with van der Waals surface area (Å²) < 4.78 is 5.03. The van der Waals surface area contributed by atoms with E-state index in [1.807, 2.05) is 30.9 Å². The first kappa shape index (κ1) is 15.2. The van der Waals surface area contributed by atoms with Crippen LogP contribution in [0.3, 0.4) is 0 Å². The summed E-state index contributed by atoms with van der Waals surface area (Å²) in [6, 6.07) is 3.88. The fourth-order valence-corrected chi connectivity index (χ4v) is 2.23. The molecule has 0 aliphatic rings. The molecule has 0 saturated heterocycles. The third-order valence-corrected chi connectivity index (χ3v) is 3.31. The van der Waals surface area contributed by atoms with Gasteiger partial charge in [0.2, 0.25) is 11.2 Å². The van der Waals surface area contributed by atoms with Crippen molar-refractivity contribution in [1.29, 1.82) is 0 Å². The molecule has 0 saturated carbocycles. The molecule has 2 aromatic heterocycles. The summed E-state index contributed by atoms with van der Waals surface area (Å²) in [4.78, 5) is 18.3. The number of nitrogen functional groups attached to an aromatic ring is 1. The number of rotatable bonds is 5. The van der Waals surface area contributed by atoms with Crippen LogP contribution in [0.1, 0.15) is 25.5 Å². The maximum absolute atomic E-state index is 5.94. The van der Waals surface area contributed by atoms with Gasteiger partial charge >= 0.3 is 6.01 Å². The minimum Gasteiger partial charge on any atom is -0.467 e. The van der Waals surface area contributed by atoms with Gasteiger partial charge in [0, 0.05) is 18.3 Å². The van der Waals surface area contributed by atoms with Crippen LogP contribution in [0.5, 0.6) is 6.01 Å². The van der Waals surface area contributed by atoms with Crippen LogP contribution in [0.4, 0.5) is 11.8 Å². The fourth-order valence-electron chi connectivity index (χ4n) is 2.08. The lowest BCUT2D eigenvalue weighted by atomic mass is 10.1. The first-order chi connectivity index (χ1) is 10.1. The van der Waals surface area contributed by atoms with E-state index in [4.69, 9.17) is 22.1 Å². The molecule has 2 aromatic rings. The monoisotopic (exact) mass is 308 g/mol. The third kappa shape index (κ3) is 3.30. The number of halogens is 1. The minimum atomic E-state index is -0.0631. The van der Waals surface area contributed by atoms with Gasteiger partial charge in [0.15, 0.2) is 0 Å². The van der Waals surface area contributed by atoms with E-state index in [0.29, 0.717) is 18.3 Å². The summed E-state index contributed by atoms with van der Waals surface area (Å²) in [5.74, 6) is 0.917. The normalized spacial score (nSPS) is 12.0. The van der Waals surface area contributed by atoms with Crippen molar-refractivity contribution >= 4 is 23.4 Å². The van der Waals surface area contributed by atoms with Crippen molar-refractivity contribution in [2.45, 2.75) is 19.9 Å². The van der Waals surface area contributed by atoms with Crippen molar-refractivity contribution < 1.29 is 4.74 Å². The number of anilines is 2. The molecule has 0 aromatic carbocycles. The Labute approximate surface area is 128 Å². The van der Waals surface area contributed by atoms with Crippen LogP contribution in [0, 0.1) is 0 Å². The smallest absolute Gasteiger partial charge is 0.322 e. The lowest BCUT2D eigenvalue weighted by molar-refractivity contribution is 0.377. The van der Waals surface area contributed by atoms with Crippen molar-refractivity contribution in [3.8, 4) is 6.01 Å². The molecular weight excluding hydrogens is 292 g/mol. The fraction of sp³-hybridized carbons (Fsp3) is 0.385. The average molecular weight is 309 g/mol. The number of aromatic nitrogens is 4. The molecule has 7 nitrogen and oxygen atoms in total. The second-order valence-electron chi connectivity index (χ2n) is 4.33. The summed E-state index contributed by atoms with van der Waals surface area (Å²) >= 11 is 5.91. The van der Waals surface area contributed by atoms with E-state index in [9.17, 15) is 0 Å². The summed E-state index contributed by atoms with van der Waals surface area (Å²) in [6.45, 7) is 4.66. The van der Waals surface area contributed by atoms with Gasteiger partial charge in [-0.05, 0) is 31.5 Å². The van der Waals surface area contributed by atoms with Crippen LogP contribution < -0.4 is 15.4 Å². The number of ether oxygens (including phenoxy) is 1. The Bertz CT molecular complexity index is 623. The van der Waals surface area contributed by atoms with Gasteiger partial charge in [0.1, 0.15) is 5.82 Å². The van der Waals surface area contributed by atoms with Crippen molar-refractivity contribution in [3.05, 3.63) is 29.2 Å². The Morgan fingerprint density at radius 1 is 1.38 bits per heavy atom. The zero-order valence-electron chi connectivity index (χ0n) is 12.1. The van der Waals surface area contributed by atoms with Crippen LogP contribution in [0.15, 0.2) is 18.3 Å². The second-order valence-corrected chi connectivity index (χ2v) is 4.67. The largest absolute Gasteiger partial charge is 0.467 e. The number of hydrogen-bond acceptors (Lipinski definition) is 7. The first-order valence-corrected chi connectivity index (χ1v) is 6.87. The lowest BCUT2D eigenvalue weighted by Gasteiger charge is -2.28. The Hall–Kier alpha value is -2.15. The average Bonchev–Trinajstić information content (AvgIpc) is 2.47. The predicted octanol–water partition coefficient (Wildman–Crippen LogP) is 2.10. The number of nitrogens with two attached hydrogens (primary N) is 1. The number of pyridine rings is 1. The SMILES string of the molecule is CCN(c1nc(Cl)nc(OC)n1)C(C)c1cccnc1N. The maximum atomic E-state index is 5.94. The number of hydrogen-bond donors (Lipinski definition) is 1. The zero-order chi connectivity index (χ0) is 15.4. The van der Waals surface area contributed by atoms with E-state index in [2.05, 4.69) is 19.9 Å². The summed E-state index contributed by atoms with van der Waals surface area (Å²) in [5.41, 5.74) is 6.83. The van der Waals surface area contributed by atoms with Crippen LogP contribution >= 0.6 is 11.6 Å². The second kappa shape index (κ2) is 6.53. The van der Waals surface area contributed by atoms with Gasteiger partial charge in [0.05, 0.1) is 13.2 Å². The summed E-state index contributed by atoms with van der Waals surface area (Å²) in [7, 11) is 1.48. The van der Waals surface area contributed by atoms with Crippen molar-refractivity contribution in [2.24, 2.45) is 0 Å². The highest BCUT2D eigenvalue weighted by molar-refractivity contribution is 6.28. The summed E-state index contributed by atoms with van der Waals surface area (Å²) in [6.07, 6.45) is 1.66. The van der Waals surface area contributed by atoms with E-state index in [-0.39, 0.29) is 17.3 Å². The van der Waals surface area contributed by atoms with Gasteiger partial charge in [0.25, 0.3) is 0 Å². The van der Waals surface area contributed by atoms with E-state index >= 15 is 0 Å². The Morgan fingerprint density at radius 2 is 2.14 bits per heavy atom. The molecule has 21 heavy (non-hydrogen) atoms. The van der Waals surface area contributed by atoms with Crippen LogP contribution in [0.25, 0.3) is 0 Å². The molecule has 2 N–H and O–H groups in total. The highest BCUT2D eigenvalue weighted by atomic mass is 35.5. The van der Waals surface area contributed by atoms with Gasteiger partial charge in [-0.2, -0.15) is 15.0 Å². The summed E-state index contributed by atoms with van der Waals surface area (Å²) in [5, 5.41) is 0.0849. The van der Waals surface area contributed by atoms with Crippen LogP contribution in [-0.2, 0) is 0 Å². The van der Waals surface area contributed by atoms with E-state index in [1.54, 1.807) is 6.20 Å². The van der Waals surface area contributed by atoms with Gasteiger partial charge in [-0.25, -0.2) is 4.98 Å². The van der Waals surface area contributed by atoms with Crippen molar-refractivity contribution in [3.63, 3.8) is 0 Å². The zero-order valence-corrected chi connectivity index (χ0v) is 12.9. The molecule has 0 amide bonds. The van der Waals surface area contributed by atoms with E-state index in [1.165, 1.54) is 7.11 Å². The Balaban J connectivity index is 2.40. The number of methoxy groups -OCH3 is 1. The standard InChI is InChI=1S/C13H17ClN6O/c1-4-20(8(2)9-6-5-7-16-10(9)15)12-17-11(14)18-13(19-12)21-3/h5-8H,4H2,1-3H3,(H2,15,16). The molecule has 2 heterocycles. The molecule has 0 fully saturated rings. The Kier molecular flexibility index (Phi) is 4.74. The third-order valence-electron chi connectivity index (χ3n) is 3.14. The van der Waals surface area contributed by atoms with Crippen LogP contribution in [-0.4, -0.2) is 33.6 Å². The van der Waals surface area contributed by atoms with Gasteiger partial charge < -0.3 is 15.4 Å². The number of nitrogens with zero attached hydrogens (tertiary/aromatic N) is 5. The Morgan fingerprint density at radius 3 is 2.76 bits per heavy atom. The molecule has 1 unspecified atom stereocenters. The van der Waals surface area contributed by atoms with Gasteiger partial charge in [-0.3, -0.25) is 0 Å². The van der Waals surface area contributed by atoms with Gasteiger partial charge in [-0.15, -0.1) is 0 Å². The molecule has 0 spiro atoms. The molecule has 112 valence electrons. The van der Waals surface area contributed by atoms with Crippen molar-refractivity contribution in [1.82, 2.24) is 19.9 Å². The highest BCUT2D eigenvalue weighted by Crippen LogP contribution is 2.27. The van der Waals surface area contributed by atoms with Crippen LogP contribution in [0.2, 0.25) is 5.28 Å². The molecule has 2 rings (SSSR count). The first-order valence-electron chi connectivity index (χ1n) is 6.49. The molecule has 8 heteroatoms. The predicted molar refractivity (Wildman–Crippen MR) is 81.5 cm³/mol. The van der Waals surface area contributed by atoms with Crippen molar-refractivity contribution in [2.75, 3.05) is 24.3 Å². The molecule has 0 radical (unpaired) electrons. The minimum absolute atomic E-state index is 0.0631. The van der Waals surface area contributed by atoms with Gasteiger partial charge in [-0.1, -0.05) is 6.07 Å². The van der Waals surface area contributed by atoms with E-state index < -0.39 is 0 Å².